The molecule has 0 fully saturated rings. The van der Waals surface area contributed by atoms with Gasteiger partial charge in [-0.05, 0) is 16.3 Å². The molecule has 1 heterocycles. The van der Waals surface area contributed by atoms with Crippen LogP contribution in [0, 0.1) is 17.2 Å². The third-order valence-electron chi connectivity index (χ3n) is 2.35. The van der Waals surface area contributed by atoms with Crippen molar-refractivity contribution in [1.82, 2.24) is 25.1 Å². The van der Waals surface area contributed by atoms with E-state index in [4.69, 9.17) is 5.26 Å². The maximum atomic E-state index is 11.8. The quantitative estimate of drug-likeness (QED) is 0.687. The van der Waals surface area contributed by atoms with Crippen molar-refractivity contribution in [3.63, 3.8) is 0 Å². The van der Waals surface area contributed by atoms with Crippen molar-refractivity contribution in [3.05, 3.63) is 0 Å². The number of nitrogens with zero attached hydrogens (tertiary/aromatic N) is 6. The highest BCUT2D eigenvalue weighted by atomic mass is 32.2. The van der Waals surface area contributed by atoms with Crippen LogP contribution < -0.4 is 0 Å². The Morgan fingerprint density at radius 1 is 1.58 bits per heavy atom. The Balaban J connectivity index is 2.46. The molecule has 1 aromatic rings. The summed E-state index contributed by atoms with van der Waals surface area (Å²) < 4.78 is 1.71. The normalized spacial score (nSPS) is 10.5. The van der Waals surface area contributed by atoms with Gasteiger partial charge in [0.25, 0.3) is 0 Å². The highest BCUT2D eigenvalue weighted by molar-refractivity contribution is 7.99. The van der Waals surface area contributed by atoms with Gasteiger partial charge in [-0.2, -0.15) is 5.26 Å². The maximum Gasteiger partial charge on any atom is 0.232 e. The smallest absolute Gasteiger partial charge is 0.232 e. The van der Waals surface area contributed by atoms with Crippen molar-refractivity contribution in [2.24, 2.45) is 5.92 Å². The number of tetrazole rings is 1. The molecule has 0 aliphatic rings. The number of nitriles is 1. The van der Waals surface area contributed by atoms with Crippen LogP contribution in [0.25, 0.3) is 0 Å². The molecule has 8 heteroatoms. The van der Waals surface area contributed by atoms with Crippen LogP contribution in [0.5, 0.6) is 0 Å². The third-order valence-corrected chi connectivity index (χ3v) is 3.29. The van der Waals surface area contributed by atoms with Gasteiger partial charge in [-0.25, -0.2) is 4.68 Å². The lowest BCUT2D eigenvalue weighted by atomic mass is 10.2. The molecule has 7 nitrogen and oxygen atoms in total. The van der Waals surface area contributed by atoms with E-state index in [9.17, 15) is 4.79 Å². The SMILES string of the molecule is CC(C)Cn1nnnc1SCC(=O)N(C)CCC#N. The summed E-state index contributed by atoms with van der Waals surface area (Å²) in [6.07, 6.45) is 0.345. The lowest BCUT2D eigenvalue weighted by molar-refractivity contribution is -0.127. The number of amides is 1. The molecule has 1 aromatic heterocycles. The molecule has 0 aliphatic carbocycles. The van der Waals surface area contributed by atoms with E-state index in [0.717, 1.165) is 6.54 Å². The van der Waals surface area contributed by atoms with Crippen molar-refractivity contribution in [3.8, 4) is 6.07 Å². The minimum absolute atomic E-state index is 0.0284. The van der Waals surface area contributed by atoms with Crippen LogP contribution in [0.4, 0.5) is 0 Å². The van der Waals surface area contributed by atoms with Crippen molar-refractivity contribution in [2.45, 2.75) is 32.0 Å². The molecule has 0 N–H and O–H groups in total. The largest absolute Gasteiger partial charge is 0.344 e. The number of aromatic nitrogens is 4. The number of rotatable bonds is 7. The van der Waals surface area contributed by atoms with Gasteiger partial charge in [-0.1, -0.05) is 25.6 Å². The molecule has 19 heavy (non-hydrogen) atoms. The van der Waals surface area contributed by atoms with Crippen molar-refractivity contribution >= 4 is 17.7 Å². The molecule has 0 saturated carbocycles. The topological polar surface area (TPSA) is 87.7 Å². The molecular weight excluding hydrogens is 264 g/mol. The van der Waals surface area contributed by atoms with Crippen LogP contribution in [0.1, 0.15) is 20.3 Å². The second-order valence-electron chi connectivity index (χ2n) is 4.55. The highest BCUT2D eigenvalue weighted by Gasteiger charge is 2.13. The summed E-state index contributed by atoms with van der Waals surface area (Å²) in [6.45, 7) is 5.34. The fourth-order valence-corrected chi connectivity index (χ4v) is 2.17. The molecule has 0 bridgehead atoms. The Hall–Kier alpha value is -1.62. The van der Waals surface area contributed by atoms with Gasteiger partial charge in [-0.15, -0.1) is 5.10 Å². The number of hydrogen-bond donors (Lipinski definition) is 0. The predicted octanol–water partition coefficient (Wildman–Crippen LogP) is 0.793. The van der Waals surface area contributed by atoms with Gasteiger partial charge in [0.1, 0.15) is 0 Å². The summed E-state index contributed by atoms with van der Waals surface area (Å²) in [5, 5.41) is 20.5. The van der Waals surface area contributed by atoms with E-state index in [0.29, 0.717) is 24.0 Å². The molecule has 0 aromatic carbocycles. The first-order valence-electron chi connectivity index (χ1n) is 6.04. The molecule has 0 radical (unpaired) electrons. The Kier molecular flexibility index (Phi) is 6.29. The summed E-state index contributed by atoms with van der Waals surface area (Å²) in [6, 6.07) is 2.02. The molecule has 0 unspecified atom stereocenters. The maximum absolute atomic E-state index is 11.8. The van der Waals surface area contributed by atoms with Crippen LogP contribution >= 0.6 is 11.8 Å². The van der Waals surface area contributed by atoms with Gasteiger partial charge in [0.05, 0.1) is 18.2 Å². The second kappa shape index (κ2) is 7.74. The molecule has 104 valence electrons. The lowest BCUT2D eigenvalue weighted by Gasteiger charge is -2.14. The second-order valence-corrected chi connectivity index (χ2v) is 5.49. The zero-order valence-electron chi connectivity index (χ0n) is 11.4. The van der Waals surface area contributed by atoms with Crippen LogP contribution in [-0.4, -0.2) is 50.4 Å². The minimum atomic E-state index is -0.0284. The summed E-state index contributed by atoms with van der Waals surface area (Å²) in [5.74, 6) is 0.691. The predicted molar refractivity (Wildman–Crippen MR) is 71.2 cm³/mol. The van der Waals surface area contributed by atoms with Gasteiger partial charge in [0.2, 0.25) is 11.1 Å². The molecular formula is C11H18N6OS. The van der Waals surface area contributed by atoms with E-state index in [1.54, 1.807) is 16.6 Å². The Morgan fingerprint density at radius 2 is 2.32 bits per heavy atom. The van der Waals surface area contributed by atoms with Crippen LogP contribution in [0.15, 0.2) is 5.16 Å². The van der Waals surface area contributed by atoms with Gasteiger partial charge in [0.15, 0.2) is 0 Å². The average Bonchev–Trinajstić information content (AvgIpc) is 2.79. The number of carbonyl (C=O) groups excluding carboxylic acids is 1. The van der Waals surface area contributed by atoms with E-state index in [-0.39, 0.29) is 11.7 Å². The number of carbonyl (C=O) groups is 1. The van der Waals surface area contributed by atoms with Gasteiger partial charge in [-0.3, -0.25) is 4.79 Å². The van der Waals surface area contributed by atoms with Gasteiger partial charge in [0, 0.05) is 20.1 Å². The molecule has 0 saturated heterocycles. The molecule has 0 aliphatic heterocycles. The average molecular weight is 282 g/mol. The van der Waals surface area contributed by atoms with E-state index in [1.807, 2.05) is 6.07 Å². The zero-order valence-corrected chi connectivity index (χ0v) is 12.2. The zero-order chi connectivity index (χ0) is 14.3. The Labute approximate surface area is 117 Å². The van der Waals surface area contributed by atoms with Crippen LogP contribution in [0.3, 0.4) is 0 Å². The first-order valence-corrected chi connectivity index (χ1v) is 7.03. The lowest BCUT2D eigenvalue weighted by Crippen LogP contribution is -2.29. The van der Waals surface area contributed by atoms with E-state index in [1.165, 1.54) is 11.8 Å². The van der Waals surface area contributed by atoms with Crippen LogP contribution in [-0.2, 0) is 11.3 Å². The third kappa shape index (κ3) is 5.26. The molecule has 0 spiro atoms. The first-order chi connectivity index (χ1) is 9.04. The molecule has 1 amide bonds. The number of hydrogen-bond acceptors (Lipinski definition) is 6. The Bertz CT molecular complexity index is 452. The van der Waals surface area contributed by atoms with E-state index < -0.39 is 0 Å². The minimum Gasteiger partial charge on any atom is -0.344 e. The number of thioether (sulfide) groups is 1. The summed E-state index contributed by atoms with van der Waals surface area (Å²) in [4.78, 5) is 13.3. The van der Waals surface area contributed by atoms with Crippen molar-refractivity contribution < 1.29 is 4.79 Å². The fourth-order valence-electron chi connectivity index (χ4n) is 1.34. The van der Waals surface area contributed by atoms with Crippen LogP contribution in [0.2, 0.25) is 0 Å². The van der Waals surface area contributed by atoms with E-state index >= 15 is 0 Å². The first kappa shape index (κ1) is 15.4. The van der Waals surface area contributed by atoms with Gasteiger partial charge >= 0.3 is 0 Å². The fraction of sp³-hybridized carbons (Fsp3) is 0.727. The molecule has 0 atom stereocenters. The summed E-state index contributed by atoms with van der Waals surface area (Å²) in [5.41, 5.74) is 0. The van der Waals surface area contributed by atoms with Crippen molar-refractivity contribution in [2.75, 3.05) is 19.3 Å². The summed E-state index contributed by atoms with van der Waals surface area (Å²) in [7, 11) is 1.69. The van der Waals surface area contributed by atoms with Gasteiger partial charge < -0.3 is 4.90 Å². The monoisotopic (exact) mass is 282 g/mol. The van der Waals surface area contributed by atoms with Crippen molar-refractivity contribution in [1.29, 1.82) is 5.26 Å². The standard InChI is InChI=1S/C11H18N6OS/c1-9(2)7-17-11(13-14-15-17)19-8-10(18)16(3)6-4-5-12/h9H,4,6-8H2,1-3H3. The molecule has 1 rings (SSSR count). The highest BCUT2D eigenvalue weighted by Crippen LogP contribution is 2.15. The summed E-state index contributed by atoms with van der Waals surface area (Å²) >= 11 is 1.32. The Morgan fingerprint density at radius 3 is 2.95 bits per heavy atom. The van der Waals surface area contributed by atoms with E-state index in [2.05, 4.69) is 29.4 Å².